The molecule has 0 aromatic heterocycles. The molecule has 0 aliphatic rings. The van der Waals surface area contributed by atoms with Gasteiger partial charge in [0.15, 0.2) is 11.6 Å². The highest BCUT2D eigenvalue weighted by atomic mass is 79.9. The summed E-state index contributed by atoms with van der Waals surface area (Å²) in [4.78, 5) is 0. The van der Waals surface area contributed by atoms with Gasteiger partial charge in [-0.1, -0.05) is 15.9 Å². The zero-order chi connectivity index (χ0) is 13.1. The third-order valence-electron chi connectivity index (χ3n) is 2.41. The van der Waals surface area contributed by atoms with Gasteiger partial charge in [0.1, 0.15) is 5.82 Å². The van der Waals surface area contributed by atoms with Gasteiger partial charge in [-0.05, 0) is 35.9 Å². The number of benzene rings is 2. The van der Waals surface area contributed by atoms with Crippen molar-refractivity contribution < 1.29 is 13.2 Å². The molecule has 2 aromatic rings. The molecule has 2 aromatic carbocycles. The van der Waals surface area contributed by atoms with Crippen molar-refractivity contribution in [1.29, 1.82) is 0 Å². The van der Waals surface area contributed by atoms with Crippen LogP contribution in [0.2, 0.25) is 0 Å². The first-order valence-electron chi connectivity index (χ1n) is 5.19. The summed E-state index contributed by atoms with van der Waals surface area (Å²) in [6, 6.07) is 7.83. The van der Waals surface area contributed by atoms with Gasteiger partial charge in [-0.15, -0.1) is 0 Å². The summed E-state index contributed by atoms with van der Waals surface area (Å²) in [5.41, 5.74) is 1.13. The van der Waals surface area contributed by atoms with Gasteiger partial charge < -0.3 is 5.32 Å². The quantitative estimate of drug-likeness (QED) is 0.880. The highest BCUT2D eigenvalue weighted by molar-refractivity contribution is 9.10. The molecule has 0 heterocycles. The van der Waals surface area contributed by atoms with Crippen LogP contribution >= 0.6 is 15.9 Å². The van der Waals surface area contributed by atoms with Crippen LogP contribution in [0.4, 0.5) is 18.9 Å². The van der Waals surface area contributed by atoms with Gasteiger partial charge in [0.2, 0.25) is 0 Å². The van der Waals surface area contributed by atoms with Crippen molar-refractivity contribution in [2.45, 2.75) is 6.54 Å². The van der Waals surface area contributed by atoms with E-state index in [2.05, 4.69) is 21.2 Å². The van der Waals surface area contributed by atoms with E-state index in [4.69, 9.17) is 0 Å². The Labute approximate surface area is 111 Å². The minimum Gasteiger partial charge on any atom is -0.381 e. The van der Waals surface area contributed by atoms with Crippen molar-refractivity contribution in [2.75, 3.05) is 5.32 Å². The van der Waals surface area contributed by atoms with Crippen molar-refractivity contribution in [2.24, 2.45) is 0 Å². The lowest BCUT2D eigenvalue weighted by molar-refractivity contribution is 0.509. The second kappa shape index (κ2) is 5.44. The molecule has 0 bridgehead atoms. The summed E-state index contributed by atoms with van der Waals surface area (Å²) in [5.74, 6) is -2.16. The second-order valence-corrected chi connectivity index (χ2v) is 4.57. The van der Waals surface area contributed by atoms with Crippen molar-refractivity contribution >= 4 is 21.6 Å². The lowest BCUT2D eigenvalue weighted by Crippen LogP contribution is -2.01. The fourth-order valence-corrected chi connectivity index (χ4v) is 1.87. The molecule has 2 rings (SSSR count). The average molecular weight is 316 g/mol. The largest absolute Gasteiger partial charge is 0.381 e. The summed E-state index contributed by atoms with van der Waals surface area (Å²) in [7, 11) is 0. The number of hydrogen-bond donors (Lipinski definition) is 1. The topological polar surface area (TPSA) is 12.0 Å². The predicted molar refractivity (Wildman–Crippen MR) is 67.8 cm³/mol. The highest BCUT2D eigenvalue weighted by Gasteiger charge is 2.04. The monoisotopic (exact) mass is 315 g/mol. The molecule has 0 unspecified atom stereocenters. The lowest BCUT2D eigenvalue weighted by atomic mass is 10.2. The predicted octanol–water partition coefficient (Wildman–Crippen LogP) is 4.48. The van der Waals surface area contributed by atoms with E-state index in [1.54, 1.807) is 6.07 Å². The van der Waals surface area contributed by atoms with E-state index in [0.29, 0.717) is 17.8 Å². The van der Waals surface area contributed by atoms with Crippen LogP contribution in [-0.2, 0) is 6.54 Å². The van der Waals surface area contributed by atoms with Crippen molar-refractivity contribution in [1.82, 2.24) is 0 Å². The molecule has 0 spiro atoms. The summed E-state index contributed by atoms with van der Waals surface area (Å²) < 4.78 is 39.5. The zero-order valence-corrected chi connectivity index (χ0v) is 10.8. The molecule has 0 saturated heterocycles. The molecule has 94 valence electrons. The second-order valence-electron chi connectivity index (χ2n) is 3.72. The van der Waals surface area contributed by atoms with Crippen LogP contribution in [-0.4, -0.2) is 0 Å². The fourth-order valence-electron chi connectivity index (χ4n) is 1.48. The minimum atomic E-state index is -0.918. The molecule has 5 heteroatoms. The Morgan fingerprint density at radius 3 is 2.44 bits per heavy atom. The molecule has 0 atom stereocenters. The van der Waals surface area contributed by atoms with Crippen LogP contribution < -0.4 is 5.32 Å². The van der Waals surface area contributed by atoms with E-state index in [-0.39, 0.29) is 5.82 Å². The molecular weight excluding hydrogens is 307 g/mol. The molecule has 0 amide bonds. The first-order valence-corrected chi connectivity index (χ1v) is 5.98. The molecule has 0 aliphatic heterocycles. The number of nitrogens with one attached hydrogen (secondary N) is 1. The van der Waals surface area contributed by atoms with E-state index in [9.17, 15) is 13.2 Å². The van der Waals surface area contributed by atoms with E-state index < -0.39 is 11.6 Å². The third kappa shape index (κ3) is 3.04. The third-order valence-corrected chi connectivity index (χ3v) is 3.18. The highest BCUT2D eigenvalue weighted by Crippen LogP contribution is 2.20. The summed E-state index contributed by atoms with van der Waals surface area (Å²) in [5, 5.41) is 2.89. The molecule has 0 fully saturated rings. The van der Waals surface area contributed by atoms with Crippen LogP contribution in [0.1, 0.15) is 5.56 Å². The summed E-state index contributed by atoms with van der Waals surface area (Å²) in [6.07, 6.45) is 0. The maximum absolute atomic E-state index is 13.0. The smallest absolute Gasteiger partial charge is 0.160 e. The minimum absolute atomic E-state index is 0.309. The SMILES string of the molecule is Fc1ccc(Br)c(CNc2ccc(F)c(F)c2)c1. The van der Waals surface area contributed by atoms with Gasteiger partial charge in [0, 0.05) is 22.8 Å². The van der Waals surface area contributed by atoms with Crippen molar-refractivity contribution in [3.63, 3.8) is 0 Å². The number of anilines is 1. The van der Waals surface area contributed by atoms with Gasteiger partial charge in [0.25, 0.3) is 0 Å². The number of hydrogen-bond acceptors (Lipinski definition) is 1. The standard InChI is InChI=1S/C13H9BrF3N/c14-11-3-1-9(15)5-8(11)7-18-10-2-4-12(16)13(17)6-10/h1-6,18H,7H2. The van der Waals surface area contributed by atoms with Gasteiger partial charge in [-0.2, -0.15) is 0 Å². The van der Waals surface area contributed by atoms with Crippen LogP contribution in [0.15, 0.2) is 40.9 Å². The number of halogens is 4. The molecule has 18 heavy (non-hydrogen) atoms. The lowest BCUT2D eigenvalue weighted by Gasteiger charge is -2.08. The Morgan fingerprint density at radius 2 is 1.72 bits per heavy atom. The van der Waals surface area contributed by atoms with Crippen LogP contribution in [0.3, 0.4) is 0 Å². The zero-order valence-electron chi connectivity index (χ0n) is 9.18. The Hall–Kier alpha value is -1.49. The molecule has 0 radical (unpaired) electrons. The van der Waals surface area contributed by atoms with Gasteiger partial charge in [0.05, 0.1) is 0 Å². The fraction of sp³-hybridized carbons (Fsp3) is 0.0769. The number of rotatable bonds is 3. The maximum atomic E-state index is 13.0. The first kappa shape index (κ1) is 13.0. The van der Waals surface area contributed by atoms with E-state index >= 15 is 0 Å². The van der Waals surface area contributed by atoms with Gasteiger partial charge in [-0.25, -0.2) is 13.2 Å². The Bertz CT molecular complexity index is 572. The maximum Gasteiger partial charge on any atom is 0.160 e. The Morgan fingerprint density at radius 1 is 0.944 bits per heavy atom. The molecule has 0 saturated carbocycles. The van der Waals surface area contributed by atoms with Crippen molar-refractivity contribution in [3.05, 3.63) is 63.9 Å². The first-order chi connectivity index (χ1) is 8.56. The Kier molecular flexibility index (Phi) is 3.91. The molecule has 1 nitrogen and oxygen atoms in total. The molecule has 1 N–H and O–H groups in total. The summed E-state index contributed by atoms with van der Waals surface area (Å²) >= 11 is 3.29. The normalized spacial score (nSPS) is 10.4. The average Bonchev–Trinajstić information content (AvgIpc) is 2.34. The Balaban J connectivity index is 2.11. The van der Waals surface area contributed by atoms with E-state index in [0.717, 1.165) is 16.6 Å². The van der Waals surface area contributed by atoms with E-state index in [1.807, 2.05) is 0 Å². The van der Waals surface area contributed by atoms with Crippen LogP contribution in [0.25, 0.3) is 0 Å². The van der Waals surface area contributed by atoms with Crippen molar-refractivity contribution in [3.8, 4) is 0 Å². The van der Waals surface area contributed by atoms with E-state index in [1.165, 1.54) is 18.2 Å². The van der Waals surface area contributed by atoms with Crippen LogP contribution in [0.5, 0.6) is 0 Å². The van der Waals surface area contributed by atoms with Gasteiger partial charge in [-0.3, -0.25) is 0 Å². The van der Waals surface area contributed by atoms with Gasteiger partial charge >= 0.3 is 0 Å². The summed E-state index contributed by atoms with van der Waals surface area (Å²) in [6.45, 7) is 0.309. The molecule has 0 aliphatic carbocycles. The van der Waals surface area contributed by atoms with Crippen LogP contribution in [0, 0.1) is 17.5 Å². The molecular formula is C13H9BrF3N.